The molecule has 1 saturated heterocycles. The molecule has 0 radical (unpaired) electrons. The number of piperazine rings is 1. The molecule has 1 aliphatic rings. The zero-order valence-electron chi connectivity index (χ0n) is 18.5. The second kappa shape index (κ2) is 9.87. The SMILES string of the molecule is COc1ccc(C#Cc2ccc(N3CCN(c4cccc(C=O)c4C(F)(F)F)CC3)nc2)cc1. The Labute approximate surface area is 195 Å². The maximum absolute atomic E-state index is 13.6. The molecule has 0 amide bonds. The van der Waals surface area contributed by atoms with Gasteiger partial charge in [-0.15, -0.1) is 0 Å². The monoisotopic (exact) mass is 465 g/mol. The van der Waals surface area contributed by atoms with Gasteiger partial charge in [-0.3, -0.25) is 4.79 Å². The maximum atomic E-state index is 13.6. The second-order valence-corrected chi connectivity index (χ2v) is 7.71. The average Bonchev–Trinajstić information content (AvgIpc) is 2.87. The van der Waals surface area contributed by atoms with Crippen LogP contribution in [-0.4, -0.2) is 44.6 Å². The van der Waals surface area contributed by atoms with Crippen LogP contribution in [0.5, 0.6) is 5.75 Å². The van der Waals surface area contributed by atoms with Gasteiger partial charge in [0.2, 0.25) is 0 Å². The topological polar surface area (TPSA) is 45.7 Å². The predicted molar refractivity (Wildman–Crippen MR) is 124 cm³/mol. The van der Waals surface area contributed by atoms with Crippen molar-refractivity contribution in [3.63, 3.8) is 0 Å². The van der Waals surface area contributed by atoms with E-state index in [-0.39, 0.29) is 17.5 Å². The Bertz CT molecular complexity index is 1210. The summed E-state index contributed by atoms with van der Waals surface area (Å²) >= 11 is 0. The fourth-order valence-corrected chi connectivity index (χ4v) is 3.87. The van der Waals surface area contributed by atoms with Crippen molar-refractivity contribution >= 4 is 17.8 Å². The number of nitrogens with zero attached hydrogens (tertiary/aromatic N) is 3. The van der Waals surface area contributed by atoms with E-state index in [0.717, 1.165) is 22.7 Å². The minimum Gasteiger partial charge on any atom is -0.497 e. The highest BCUT2D eigenvalue weighted by Crippen LogP contribution is 2.39. The summed E-state index contributed by atoms with van der Waals surface area (Å²) in [6.07, 6.45) is -2.66. The largest absolute Gasteiger partial charge is 0.497 e. The number of benzene rings is 2. The Hall–Kier alpha value is -3.99. The number of alkyl halides is 3. The van der Waals surface area contributed by atoms with Gasteiger partial charge in [0.15, 0.2) is 6.29 Å². The number of ether oxygens (including phenoxy) is 1. The number of halogens is 3. The molecule has 0 unspecified atom stereocenters. The normalized spacial score (nSPS) is 13.8. The van der Waals surface area contributed by atoms with E-state index in [4.69, 9.17) is 4.74 Å². The van der Waals surface area contributed by atoms with Crippen LogP contribution in [0.15, 0.2) is 60.8 Å². The molecule has 34 heavy (non-hydrogen) atoms. The zero-order valence-corrected chi connectivity index (χ0v) is 18.5. The molecular formula is C26H22F3N3O2. The molecule has 3 aromatic rings. The van der Waals surface area contributed by atoms with Crippen molar-refractivity contribution < 1.29 is 22.7 Å². The number of aromatic nitrogens is 1. The van der Waals surface area contributed by atoms with Crippen molar-refractivity contribution in [1.29, 1.82) is 0 Å². The molecule has 0 bridgehead atoms. The molecule has 2 aromatic carbocycles. The summed E-state index contributed by atoms with van der Waals surface area (Å²) < 4.78 is 46.0. The first-order chi connectivity index (χ1) is 16.4. The third kappa shape index (κ3) is 5.15. The molecule has 1 fully saturated rings. The van der Waals surface area contributed by atoms with E-state index in [9.17, 15) is 18.0 Å². The first-order valence-electron chi connectivity index (χ1n) is 10.7. The van der Waals surface area contributed by atoms with E-state index in [1.807, 2.05) is 41.3 Å². The first kappa shape index (κ1) is 23.2. The highest BCUT2D eigenvalue weighted by atomic mass is 19.4. The fourth-order valence-electron chi connectivity index (χ4n) is 3.87. The molecule has 2 heterocycles. The number of rotatable bonds is 4. The van der Waals surface area contributed by atoms with E-state index in [1.54, 1.807) is 18.2 Å². The summed E-state index contributed by atoms with van der Waals surface area (Å²) in [5, 5.41) is 0. The summed E-state index contributed by atoms with van der Waals surface area (Å²) in [5.41, 5.74) is 0.433. The molecule has 8 heteroatoms. The maximum Gasteiger partial charge on any atom is 0.419 e. The molecule has 4 rings (SSSR count). The molecule has 1 aromatic heterocycles. The first-order valence-corrected chi connectivity index (χ1v) is 10.7. The van der Waals surface area contributed by atoms with Crippen LogP contribution in [0.3, 0.4) is 0 Å². The van der Waals surface area contributed by atoms with Crippen LogP contribution in [-0.2, 0) is 6.18 Å². The van der Waals surface area contributed by atoms with Crippen molar-refractivity contribution in [2.24, 2.45) is 0 Å². The molecule has 174 valence electrons. The van der Waals surface area contributed by atoms with Crippen LogP contribution in [0.1, 0.15) is 27.0 Å². The molecule has 0 spiro atoms. The van der Waals surface area contributed by atoms with Crippen molar-refractivity contribution in [2.75, 3.05) is 43.1 Å². The second-order valence-electron chi connectivity index (χ2n) is 7.71. The van der Waals surface area contributed by atoms with Gasteiger partial charge in [-0.25, -0.2) is 4.98 Å². The van der Waals surface area contributed by atoms with Gasteiger partial charge in [-0.05, 0) is 42.5 Å². The number of methoxy groups -OCH3 is 1. The summed E-state index contributed by atoms with van der Waals surface area (Å²) in [6.45, 7) is 1.77. The van der Waals surface area contributed by atoms with E-state index in [2.05, 4.69) is 16.8 Å². The van der Waals surface area contributed by atoms with Crippen molar-refractivity contribution in [3.8, 4) is 17.6 Å². The van der Waals surface area contributed by atoms with Crippen molar-refractivity contribution in [1.82, 2.24) is 4.98 Å². The molecular weight excluding hydrogens is 443 g/mol. The van der Waals surface area contributed by atoms with E-state index in [0.29, 0.717) is 26.2 Å². The average molecular weight is 465 g/mol. The van der Waals surface area contributed by atoms with Gasteiger partial charge in [0, 0.05) is 54.8 Å². The lowest BCUT2D eigenvalue weighted by atomic mass is 10.0. The summed E-state index contributed by atoms with van der Waals surface area (Å²) in [5.74, 6) is 7.66. The number of hydrogen-bond acceptors (Lipinski definition) is 5. The Morgan fingerprint density at radius 3 is 2.15 bits per heavy atom. The number of carbonyl (C=O) groups is 1. The van der Waals surface area contributed by atoms with Crippen LogP contribution in [0.2, 0.25) is 0 Å². The molecule has 0 atom stereocenters. The molecule has 0 saturated carbocycles. The summed E-state index contributed by atoms with van der Waals surface area (Å²) in [7, 11) is 1.61. The quantitative estimate of drug-likeness (QED) is 0.415. The number of hydrogen-bond donors (Lipinski definition) is 0. The number of carbonyl (C=O) groups excluding carboxylic acids is 1. The summed E-state index contributed by atoms with van der Waals surface area (Å²) in [4.78, 5) is 19.3. The lowest BCUT2D eigenvalue weighted by molar-refractivity contribution is -0.137. The predicted octanol–water partition coefficient (Wildman–Crippen LogP) is 4.65. The Balaban J connectivity index is 1.43. The van der Waals surface area contributed by atoms with Gasteiger partial charge in [0.1, 0.15) is 11.6 Å². The van der Waals surface area contributed by atoms with Gasteiger partial charge in [-0.2, -0.15) is 13.2 Å². The highest BCUT2D eigenvalue weighted by Gasteiger charge is 2.38. The van der Waals surface area contributed by atoms with E-state index in [1.165, 1.54) is 18.2 Å². The molecule has 5 nitrogen and oxygen atoms in total. The Morgan fingerprint density at radius 2 is 1.56 bits per heavy atom. The van der Waals surface area contributed by atoms with Crippen LogP contribution in [0, 0.1) is 11.8 Å². The van der Waals surface area contributed by atoms with Gasteiger partial charge in [0.05, 0.1) is 12.7 Å². The van der Waals surface area contributed by atoms with Crippen molar-refractivity contribution in [3.05, 3.63) is 83.0 Å². The van der Waals surface area contributed by atoms with E-state index >= 15 is 0 Å². The minimum absolute atomic E-state index is 0.0360. The van der Waals surface area contributed by atoms with Gasteiger partial charge in [-0.1, -0.05) is 24.0 Å². The molecule has 0 N–H and O–H groups in total. The number of anilines is 2. The lowest BCUT2D eigenvalue weighted by Crippen LogP contribution is -2.47. The van der Waals surface area contributed by atoms with E-state index < -0.39 is 11.7 Å². The molecule has 1 aliphatic heterocycles. The number of pyridine rings is 1. The van der Waals surface area contributed by atoms with Crippen LogP contribution >= 0.6 is 0 Å². The molecule has 0 aliphatic carbocycles. The standard InChI is InChI=1S/C26H22F3N3O2/c1-34-22-10-7-19(8-11-22)5-6-20-9-12-24(30-17-20)32-15-13-31(14-16-32)23-4-2-3-21(18-33)25(23)26(27,28)29/h2-4,7-12,17-18H,13-16H2,1H3. The van der Waals surface area contributed by atoms with Gasteiger partial charge < -0.3 is 14.5 Å². The zero-order chi connectivity index (χ0) is 24.1. The van der Waals surface area contributed by atoms with Crippen molar-refractivity contribution in [2.45, 2.75) is 6.18 Å². The fraction of sp³-hybridized carbons (Fsp3) is 0.231. The minimum atomic E-state index is -4.60. The third-order valence-corrected chi connectivity index (χ3v) is 5.62. The van der Waals surface area contributed by atoms with Crippen LogP contribution in [0.4, 0.5) is 24.7 Å². The van der Waals surface area contributed by atoms with Gasteiger partial charge >= 0.3 is 6.18 Å². The van der Waals surface area contributed by atoms with Crippen LogP contribution in [0.25, 0.3) is 0 Å². The van der Waals surface area contributed by atoms with Crippen LogP contribution < -0.4 is 14.5 Å². The highest BCUT2D eigenvalue weighted by molar-refractivity contribution is 5.81. The van der Waals surface area contributed by atoms with Gasteiger partial charge in [0.25, 0.3) is 0 Å². The smallest absolute Gasteiger partial charge is 0.419 e. The lowest BCUT2D eigenvalue weighted by Gasteiger charge is -2.37. The Kier molecular flexibility index (Phi) is 6.73. The Morgan fingerprint density at radius 1 is 0.912 bits per heavy atom. The number of aldehydes is 1. The summed E-state index contributed by atoms with van der Waals surface area (Å²) in [6, 6.07) is 15.3. The third-order valence-electron chi connectivity index (χ3n) is 5.62.